The van der Waals surface area contributed by atoms with Crippen molar-refractivity contribution in [3.8, 4) is 0 Å². The number of carbonyl (C=O) groups is 1. The molecule has 16 heavy (non-hydrogen) atoms. The van der Waals surface area contributed by atoms with Crippen LogP contribution in [0.2, 0.25) is 0 Å². The molecule has 0 bridgehead atoms. The molecular weight excluding hydrogens is 200 g/mol. The zero-order chi connectivity index (χ0) is 11.7. The molecule has 3 nitrogen and oxygen atoms in total. The van der Waals surface area contributed by atoms with Gasteiger partial charge in [-0.25, -0.2) is 0 Å². The number of hydrogen-bond acceptors (Lipinski definition) is 1. The average Bonchev–Trinajstić information content (AvgIpc) is 2.84. The van der Waals surface area contributed by atoms with Crippen LogP contribution in [0.5, 0.6) is 0 Å². The number of amides is 1. The van der Waals surface area contributed by atoms with Crippen molar-refractivity contribution in [1.82, 2.24) is 9.47 Å². The zero-order valence-corrected chi connectivity index (χ0v) is 10.4. The number of carbonyl (C=O) groups excluding carboxylic acids is 1. The number of aromatic nitrogens is 1. The Morgan fingerprint density at radius 1 is 1.25 bits per heavy atom. The van der Waals surface area contributed by atoms with Crippen LogP contribution in [0, 0.1) is 0 Å². The Morgan fingerprint density at radius 2 is 1.88 bits per heavy atom. The molecule has 2 heterocycles. The van der Waals surface area contributed by atoms with Gasteiger partial charge in [-0.2, -0.15) is 0 Å². The molecule has 1 aromatic rings. The largest absolute Gasteiger partial charge is 0.343 e. The molecule has 1 aromatic heterocycles. The van der Waals surface area contributed by atoms with Crippen molar-refractivity contribution in [3.05, 3.63) is 23.5 Å². The summed E-state index contributed by atoms with van der Waals surface area (Å²) in [5, 5.41) is 0. The van der Waals surface area contributed by atoms with Gasteiger partial charge in [0.1, 0.15) is 5.69 Å². The van der Waals surface area contributed by atoms with Crippen LogP contribution in [0.3, 0.4) is 0 Å². The Morgan fingerprint density at radius 3 is 2.38 bits per heavy atom. The van der Waals surface area contributed by atoms with Crippen molar-refractivity contribution < 1.29 is 4.79 Å². The maximum Gasteiger partial charge on any atom is 0.270 e. The molecule has 1 saturated heterocycles. The molecule has 0 spiro atoms. The van der Waals surface area contributed by atoms with Gasteiger partial charge in [0.2, 0.25) is 0 Å². The summed E-state index contributed by atoms with van der Waals surface area (Å²) in [6, 6.07) is 4.02. The van der Waals surface area contributed by atoms with Crippen LogP contribution in [-0.2, 0) is 7.05 Å². The van der Waals surface area contributed by atoms with E-state index in [0.717, 1.165) is 31.6 Å². The first kappa shape index (κ1) is 11.2. The van der Waals surface area contributed by atoms with Gasteiger partial charge in [0.25, 0.3) is 5.91 Å². The normalized spacial score (nSPS) is 16.1. The molecule has 1 aliphatic heterocycles. The number of likely N-dealkylation sites (tertiary alicyclic amines) is 1. The first-order valence-electron chi connectivity index (χ1n) is 6.06. The minimum absolute atomic E-state index is 0.187. The van der Waals surface area contributed by atoms with Gasteiger partial charge in [0.05, 0.1) is 0 Å². The fourth-order valence-electron chi connectivity index (χ4n) is 2.40. The van der Waals surface area contributed by atoms with Crippen LogP contribution in [0.4, 0.5) is 0 Å². The summed E-state index contributed by atoms with van der Waals surface area (Å²) in [5.41, 5.74) is 2.05. The third kappa shape index (κ3) is 1.86. The van der Waals surface area contributed by atoms with Gasteiger partial charge in [-0.05, 0) is 30.9 Å². The highest BCUT2D eigenvalue weighted by Gasteiger charge is 2.22. The van der Waals surface area contributed by atoms with Crippen LogP contribution in [0.15, 0.2) is 12.1 Å². The molecule has 1 amide bonds. The van der Waals surface area contributed by atoms with Crippen molar-refractivity contribution in [2.45, 2.75) is 32.6 Å². The van der Waals surface area contributed by atoms with Gasteiger partial charge in [-0.15, -0.1) is 0 Å². The summed E-state index contributed by atoms with van der Waals surface area (Å²) in [7, 11) is 1.98. The predicted octanol–water partition coefficient (Wildman–Crippen LogP) is 2.38. The van der Waals surface area contributed by atoms with Gasteiger partial charge >= 0.3 is 0 Å². The van der Waals surface area contributed by atoms with E-state index >= 15 is 0 Å². The van der Waals surface area contributed by atoms with E-state index in [1.807, 2.05) is 22.6 Å². The molecule has 0 unspecified atom stereocenters. The minimum Gasteiger partial charge on any atom is -0.343 e. The molecular formula is C13H20N2O. The molecule has 1 aliphatic rings. The van der Waals surface area contributed by atoms with Gasteiger partial charge in [-0.3, -0.25) is 4.79 Å². The van der Waals surface area contributed by atoms with E-state index in [9.17, 15) is 4.79 Å². The van der Waals surface area contributed by atoms with E-state index in [2.05, 4.69) is 19.9 Å². The molecule has 0 aliphatic carbocycles. The smallest absolute Gasteiger partial charge is 0.270 e. The standard InChI is InChI=1S/C13H20N2O/c1-10(2)11-6-7-12(14(11)3)13(16)15-8-4-5-9-15/h6-7,10H,4-5,8-9H2,1-3H3. The molecule has 0 saturated carbocycles. The summed E-state index contributed by atoms with van der Waals surface area (Å²) < 4.78 is 2.03. The third-order valence-electron chi connectivity index (χ3n) is 3.36. The highest BCUT2D eigenvalue weighted by atomic mass is 16.2. The molecule has 2 rings (SSSR count). The van der Waals surface area contributed by atoms with Gasteiger partial charge < -0.3 is 9.47 Å². The fraction of sp³-hybridized carbons (Fsp3) is 0.615. The Bertz CT molecular complexity index is 387. The highest BCUT2D eigenvalue weighted by Crippen LogP contribution is 2.19. The van der Waals surface area contributed by atoms with Gasteiger partial charge in [0, 0.05) is 25.8 Å². The molecule has 0 radical (unpaired) electrons. The summed E-state index contributed by atoms with van der Waals surface area (Å²) >= 11 is 0. The van der Waals surface area contributed by atoms with Crippen LogP contribution < -0.4 is 0 Å². The van der Waals surface area contributed by atoms with Crippen molar-refractivity contribution in [1.29, 1.82) is 0 Å². The Kier molecular flexibility index (Phi) is 3.03. The highest BCUT2D eigenvalue weighted by molar-refractivity contribution is 5.93. The maximum atomic E-state index is 12.2. The number of rotatable bonds is 2. The van der Waals surface area contributed by atoms with Gasteiger partial charge in [-0.1, -0.05) is 13.8 Å². The molecule has 0 aromatic carbocycles. The van der Waals surface area contributed by atoms with Crippen LogP contribution >= 0.6 is 0 Å². The van der Waals surface area contributed by atoms with Crippen molar-refractivity contribution >= 4 is 5.91 Å². The Balaban J connectivity index is 2.23. The first-order valence-corrected chi connectivity index (χ1v) is 6.06. The van der Waals surface area contributed by atoms with Gasteiger partial charge in [0.15, 0.2) is 0 Å². The summed E-state index contributed by atoms with van der Waals surface area (Å²) in [6.07, 6.45) is 2.29. The lowest BCUT2D eigenvalue weighted by atomic mass is 10.1. The van der Waals surface area contributed by atoms with Crippen LogP contribution in [0.1, 0.15) is 48.8 Å². The average molecular weight is 220 g/mol. The second-order valence-electron chi connectivity index (χ2n) is 4.86. The SMILES string of the molecule is CC(C)c1ccc(C(=O)N2CCCC2)n1C. The molecule has 1 fully saturated rings. The van der Waals surface area contributed by atoms with E-state index < -0.39 is 0 Å². The van der Waals surface area contributed by atoms with E-state index in [1.165, 1.54) is 5.69 Å². The predicted molar refractivity (Wildman–Crippen MR) is 64.6 cm³/mol. The Hall–Kier alpha value is -1.25. The van der Waals surface area contributed by atoms with E-state index in [0.29, 0.717) is 5.92 Å². The van der Waals surface area contributed by atoms with Crippen LogP contribution in [-0.4, -0.2) is 28.5 Å². The third-order valence-corrected chi connectivity index (χ3v) is 3.36. The summed E-state index contributed by atoms with van der Waals surface area (Å²) in [6.45, 7) is 6.14. The Labute approximate surface area is 97.1 Å². The van der Waals surface area contributed by atoms with Crippen LogP contribution in [0.25, 0.3) is 0 Å². The van der Waals surface area contributed by atoms with Crippen molar-refractivity contribution in [2.24, 2.45) is 7.05 Å². The number of hydrogen-bond donors (Lipinski definition) is 0. The second kappa shape index (κ2) is 4.32. The summed E-state index contributed by atoms with van der Waals surface area (Å²) in [4.78, 5) is 14.2. The quantitative estimate of drug-likeness (QED) is 0.751. The van der Waals surface area contributed by atoms with E-state index in [-0.39, 0.29) is 5.91 Å². The van der Waals surface area contributed by atoms with E-state index in [4.69, 9.17) is 0 Å². The topological polar surface area (TPSA) is 25.2 Å². The lowest BCUT2D eigenvalue weighted by Crippen LogP contribution is -2.29. The van der Waals surface area contributed by atoms with E-state index in [1.54, 1.807) is 0 Å². The van der Waals surface area contributed by atoms with Crippen molar-refractivity contribution in [2.75, 3.05) is 13.1 Å². The lowest BCUT2D eigenvalue weighted by Gasteiger charge is -2.16. The monoisotopic (exact) mass is 220 g/mol. The second-order valence-corrected chi connectivity index (χ2v) is 4.86. The lowest BCUT2D eigenvalue weighted by molar-refractivity contribution is 0.0783. The first-order chi connectivity index (χ1) is 7.61. The number of nitrogens with zero attached hydrogens (tertiary/aromatic N) is 2. The summed E-state index contributed by atoms with van der Waals surface area (Å²) in [5.74, 6) is 0.650. The molecule has 3 heteroatoms. The molecule has 0 atom stereocenters. The minimum atomic E-state index is 0.187. The maximum absolute atomic E-state index is 12.2. The van der Waals surface area contributed by atoms with Crippen molar-refractivity contribution in [3.63, 3.8) is 0 Å². The zero-order valence-electron chi connectivity index (χ0n) is 10.4. The molecule has 88 valence electrons. The molecule has 0 N–H and O–H groups in total. The fourth-order valence-corrected chi connectivity index (χ4v) is 2.40.